The molecule has 1 aliphatic heterocycles. The molecule has 7 heteroatoms. The standard InChI is InChI=1S/C21H21NO4S2/c1-24-16-7-4-14(5-8-16)10-11-22-20(23)19(28-21(22)27)12-15-6-9-17(25-2)13-18(15)26-3/h4-9,12-13H,10-11H2,1-3H3/b19-12-. The van der Waals surface area contributed by atoms with Crippen molar-refractivity contribution in [1.82, 2.24) is 4.90 Å². The zero-order valence-corrected chi connectivity index (χ0v) is 17.6. The van der Waals surface area contributed by atoms with E-state index in [0.717, 1.165) is 23.3 Å². The molecule has 0 atom stereocenters. The molecule has 1 fully saturated rings. The number of thioether (sulfide) groups is 1. The molecule has 0 radical (unpaired) electrons. The lowest BCUT2D eigenvalue weighted by Gasteiger charge is -2.14. The van der Waals surface area contributed by atoms with Crippen molar-refractivity contribution in [3.05, 3.63) is 58.5 Å². The molecule has 2 aromatic carbocycles. The minimum Gasteiger partial charge on any atom is -0.497 e. The molecule has 146 valence electrons. The number of ether oxygens (including phenoxy) is 3. The summed E-state index contributed by atoms with van der Waals surface area (Å²) in [5.74, 6) is 2.07. The zero-order valence-electron chi connectivity index (χ0n) is 15.9. The second-order valence-electron chi connectivity index (χ2n) is 6.04. The van der Waals surface area contributed by atoms with Crippen LogP contribution in [0.15, 0.2) is 47.4 Å². The van der Waals surface area contributed by atoms with Gasteiger partial charge in [0.2, 0.25) is 0 Å². The average molecular weight is 416 g/mol. The number of hydrogen-bond donors (Lipinski definition) is 0. The lowest BCUT2D eigenvalue weighted by Crippen LogP contribution is -2.30. The van der Waals surface area contributed by atoms with Crippen LogP contribution in [0.5, 0.6) is 17.2 Å². The van der Waals surface area contributed by atoms with Gasteiger partial charge >= 0.3 is 0 Å². The number of rotatable bonds is 7. The summed E-state index contributed by atoms with van der Waals surface area (Å²) in [5, 5.41) is 0. The highest BCUT2D eigenvalue weighted by Crippen LogP contribution is 2.35. The van der Waals surface area contributed by atoms with Gasteiger partial charge in [-0.2, -0.15) is 0 Å². The molecular formula is C21H21NO4S2. The fourth-order valence-corrected chi connectivity index (χ4v) is 4.10. The molecule has 1 aliphatic rings. The summed E-state index contributed by atoms with van der Waals surface area (Å²) in [6, 6.07) is 13.3. The Kier molecular flexibility index (Phi) is 6.59. The van der Waals surface area contributed by atoms with Crippen molar-refractivity contribution in [2.45, 2.75) is 6.42 Å². The van der Waals surface area contributed by atoms with Crippen LogP contribution in [-0.2, 0) is 11.2 Å². The first-order valence-corrected chi connectivity index (χ1v) is 9.88. The van der Waals surface area contributed by atoms with Crippen LogP contribution in [0, 0.1) is 0 Å². The lowest BCUT2D eigenvalue weighted by atomic mass is 10.1. The maximum Gasteiger partial charge on any atom is 0.266 e. The van der Waals surface area contributed by atoms with Gasteiger partial charge < -0.3 is 14.2 Å². The second-order valence-corrected chi connectivity index (χ2v) is 7.72. The van der Waals surface area contributed by atoms with Crippen molar-refractivity contribution in [3.8, 4) is 17.2 Å². The lowest BCUT2D eigenvalue weighted by molar-refractivity contribution is -0.122. The SMILES string of the molecule is COc1ccc(CCN2C(=O)/C(=C/c3ccc(OC)cc3OC)SC2=S)cc1. The van der Waals surface area contributed by atoms with E-state index in [2.05, 4.69) is 0 Å². The molecule has 0 aliphatic carbocycles. The van der Waals surface area contributed by atoms with Crippen molar-refractivity contribution in [2.24, 2.45) is 0 Å². The first kappa shape index (κ1) is 20.2. The topological polar surface area (TPSA) is 48.0 Å². The van der Waals surface area contributed by atoms with Crippen LogP contribution in [0.1, 0.15) is 11.1 Å². The molecule has 1 heterocycles. The van der Waals surface area contributed by atoms with Crippen molar-refractivity contribution in [2.75, 3.05) is 27.9 Å². The number of methoxy groups -OCH3 is 3. The van der Waals surface area contributed by atoms with E-state index in [0.29, 0.717) is 27.3 Å². The van der Waals surface area contributed by atoms with Gasteiger partial charge in [0.1, 0.15) is 21.6 Å². The quantitative estimate of drug-likeness (QED) is 0.500. The number of thiocarbonyl (C=S) groups is 1. The van der Waals surface area contributed by atoms with Gasteiger partial charge in [0.25, 0.3) is 5.91 Å². The predicted octanol–water partition coefficient (Wildman–Crippen LogP) is 4.16. The van der Waals surface area contributed by atoms with Crippen LogP contribution in [0.2, 0.25) is 0 Å². The molecule has 5 nitrogen and oxygen atoms in total. The Morgan fingerprint density at radius 3 is 2.32 bits per heavy atom. The Morgan fingerprint density at radius 2 is 1.68 bits per heavy atom. The van der Waals surface area contributed by atoms with E-state index in [9.17, 15) is 4.79 Å². The highest BCUT2D eigenvalue weighted by atomic mass is 32.2. The number of carbonyl (C=O) groups is 1. The fraction of sp³-hybridized carbons (Fsp3) is 0.238. The summed E-state index contributed by atoms with van der Waals surface area (Å²) in [7, 11) is 4.83. The monoisotopic (exact) mass is 415 g/mol. The molecule has 0 bridgehead atoms. The van der Waals surface area contributed by atoms with Gasteiger partial charge in [-0.05, 0) is 42.3 Å². The Balaban J connectivity index is 1.73. The molecule has 1 saturated heterocycles. The van der Waals surface area contributed by atoms with Gasteiger partial charge in [0.05, 0.1) is 26.2 Å². The molecule has 2 aromatic rings. The van der Waals surface area contributed by atoms with Gasteiger partial charge in [0.15, 0.2) is 0 Å². The van der Waals surface area contributed by atoms with Crippen LogP contribution in [0.4, 0.5) is 0 Å². The highest BCUT2D eigenvalue weighted by Gasteiger charge is 2.31. The Labute approximate surface area is 174 Å². The molecule has 0 saturated carbocycles. The summed E-state index contributed by atoms with van der Waals surface area (Å²) in [5.41, 5.74) is 1.93. The van der Waals surface area contributed by atoms with E-state index in [1.165, 1.54) is 11.8 Å². The third kappa shape index (κ3) is 4.48. The van der Waals surface area contributed by atoms with Crippen molar-refractivity contribution in [3.63, 3.8) is 0 Å². The van der Waals surface area contributed by atoms with Gasteiger partial charge in [-0.3, -0.25) is 9.69 Å². The molecule has 1 amide bonds. The number of carbonyl (C=O) groups excluding carboxylic acids is 1. The molecule has 0 aromatic heterocycles. The Hall–Kier alpha value is -2.51. The largest absolute Gasteiger partial charge is 0.497 e. The third-order valence-electron chi connectivity index (χ3n) is 4.38. The van der Waals surface area contributed by atoms with Crippen LogP contribution >= 0.6 is 24.0 Å². The summed E-state index contributed by atoms with van der Waals surface area (Å²) in [4.78, 5) is 15.1. The Morgan fingerprint density at radius 1 is 1.00 bits per heavy atom. The molecule has 0 unspecified atom stereocenters. The summed E-state index contributed by atoms with van der Waals surface area (Å²) in [6.45, 7) is 0.536. The van der Waals surface area contributed by atoms with Crippen LogP contribution in [-0.4, -0.2) is 43.0 Å². The maximum atomic E-state index is 12.8. The third-order valence-corrected chi connectivity index (χ3v) is 5.76. The van der Waals surface area contributed by atoms with Crippen LogP contribution in [0.3, 0.4) is 0 Å². The van der Waals surface area contributed by atoms with Gasteiger partial charge in [-0.25, -0.2) is 0 Å². The van der Waals surface area contributed by atoms with Gasteiger partial charge in [0, 0.05) is 18.2 Å². The van der Waals surface area contributed by atoms with Crippen LogP contribution < -0.4 is 14.2 Å². The van der Waals surface area contributed by atoms with E-state index in [4.69, 9.17) is 26.4 Å². The van der Waals surface area contributed by atoms with Gasteiger partial charge in [-0.1, -0.05) is 36.1 Å². The molecular weight excluding hydrogens is 394 g/mol. The first-order chi connectivity index (χ1) is 13.5. The van der Waals surface area contributed by atoms with Crippen molar-refractivity contribution >= 4 is 40.3 Å². The first-order valence-electron chi connectivity index (χ1n) is 8.66. The normalized spacial score (nSPS) is 15.2. The van der Waals surface area contributed by atoms with Crippen molar-refractivity contribution in [1.29, 1.82) is 0 Å². The number of benzene rings is 2. The van der Waals surface area contributed by atoms with Gasteiger partial charge in [-0.15, -0.1) is 0 Å². The molecule has 3 rings (SSSR count). The van der Waals surface area contributed by atoms with E-state index in [1.54, 1.807) is 32.3 Å². The smallest absolute Gasteiger partial charge is 0.266 e. The van der Waals surface area contributed by atoms with Crippen molar-refractivity contribution < 1.29 is 19.0 Å². The van der Waals surface area contributed by atoms with E-state index in [-0.39, 0.29) is 5.91 Å². The highest BCUT2D eigenvalue weighted by molar-refractivity contribution is 8.26. The van der Waals surface area contributed by atoms with E-state index < -0.39 is 0 Å². The summed E-state index contributed by atoms with van der Waals surface area (Å²) in [6.07, 6.45) is 2.53. The number of nitrogens with zero attached hydrogens (tertiary/aromatic N) is 1. The molecule has 0 spiro atoms. The maximum absolute atomic E-state index is 12.8. The van der Waals surface area contributed by atoms with Crippen LogP contribution in [0.25, 0.3) is 6.08 Å². The predicted molar refractivity (Wildman–Crippen MR) is 116 cm³/mol. The summed E-state index contributed by atoms with van der Waals surface area (Å²) >= 11 is 6.73. The zero-order chi connectivity index (χ0) is 20.1. The number of hydrogen-bond acceptors (Lipinski definition) is 6. The van der Waals surface area contributed by atoms with E-state index >= 15 is 0 Å². The summed E-state index contributed by atoms with van der Waals surface area (Å²) < 4.78 is 16.4. The minimum absolute atomic E-state index is 0.0821. The minimum atomic E-state index is -0.0821. The number of amides is 1. The molecule has 0 N–H and O–H groups in total. The van der Waals surface area contributed by atoms with E-state index in [1.807, 2.05) is 42.5 Å². The second kappa shape index (κ2) is 9.12. The fourth-order valence-electron chi connectivity index (χ4n) is 2.80. The Bertz CT molecular complexity index is 909. The molecule has 28 heavy (non-hydrogen) atoms. The average Bonchev–Trinajstić information content (AvgIpc) is 2.99.